The number of fused-ring (bicyclic) bond motifs is 1. The Morgan fingerprint density at radius 2 is 1.71 bits per heavy atom. The molecule has 124 valence electrons. The third kappa shape index (κ3) is 3.96. The SMILES string of the molecule is CCCOc1ccc(Oc2ccc3cc(NCC)ccc3n2)cc1. The van der Waals surface area contributed by atoms with E-state index in [0.717, 1.165) is 47.7 Å². The molecule has 0 amide bonds. The minimum absolute atomic E-state index is 0.584. The largest absolute Gasteiger partial charge is 0.494 e. The van der Waals surface area contributed by atoms with E-state index in [2.05, 4.69) is 30.2 Å². The van der Waals surface area contributed by atoms with Crippen LogP contribution in [0.25, 0.3) is 10.9 Å². The zero-order valence-electron chi connectivity index (χ0n) is 14.1. The molecule has 0 saturated carbocycles. The van der Waals surface area contributed by atoms with Crippen LogP contribution < -0.4 is 14.8 Å². The summed E-state index contributed by atoms with van der Waals surface area (Å²) in [6.45, 7) is 5.79. The molecule has 0 unspecified atom stereocenters. The summed E-state index contributed by atoms with van der Waals surface area (Å²) in [6.07, 6.45) is 0.995. The van der Waals surface area contributed by atoms with Gasteiger partial charge < -0.3 is 14.8 Å². The van der Waals surface area contributed by atoms with Crippen molar-refractivity contribution in [1.82, 2.24) is 4.98 Å². The first-order valence-electron chi connectivity index (χ1n) is 8.34. The van der Waals surface area contributed by atoms with Gasteiger partial charge in [0, 0.05) is 23.7 Å². The van der Waals surface area contributed by atoms with Crippen molar-refractivity contribution in [3.05, 3.63) is 54.6 Å². The maximum Gasteiger partial charge on any atom is 0.219 e. The molecule has 0 aliphatic rings. The number of aromatic nitrogens is 1. The number of nitrogens with one attached hydrogen (secondary N) is 1. The summed E-state index contributed by atoms with van der Waals surface area (Å²) in [6, 6.07) is 17.6. The molecule has 4 nitrogen and oxygen atoms in total. The molecule has 1 aromatic heterocycles. The number of pyridine rings is 1. The first kappa shape index (κ1) is 16.1. The van der Waals surface area contributed by atoms with Crippen molar-refractivity contribution in [1.29, 1.82) is 0 Å². The molecular formula is C20H22N2O2. The lowest BCUT2D eigenvalue weighted by Crippen LogP contribution is -1.96. The molecule has 0 atom stereocenters. The topological polar surface area (TPSA) is 43.4 Å². The Kier molecular flexibility index (Phi) is 5.16. The Balaban J connectivity index is 1.73. The first-order valence-corrected chi connectivity index (χ1v) is 8.34. The third-order valence-corrected chi connectivity index (χ3v) is 3.56. The van der Waals surface area contributed by atoms with E-state index in [1.807, 2.05) is 48.5 Å². The Hall–Kier alpha value is -2.75. The molecule has 1 N–H and O–H groups in total. The number of benzene rings is 2. The Morgan fingerprint density at radius 1 is 0.917 bits per heavy atom. The quantitative estimate of drug-likeness (QED) is 0.645. The minimum Gasteiger partial charge on any atom is -0.494 e. The Bertz CT molecular complexity index is 800. The molecule has 0 fully saturated rings. The number of nitrogens with zero attached hydrogens (tertiary/aromatic N) is 1. The summed E-state index contributed by atoms with van der Waals surface area (Å²) in [7, 11) is 0. The van der Waals surface area contributed by atoms with Crippen LogP contribution >= 0.6 is 0 Å². The maximum atomic E-state index is 5.84. The molecule has 1 heterocycles. The van der Waals surface area contributed by atoms with E-state index in [0.29, 0.717) is 5.88 Å². The highest BCUT2D eigenvalue weighted by Crippen LogP contribution is 2.25. The van der Waals surface area contributed by atoms with Gasteiger partial charge in [-0.3, -0.25) is 0 Å². The van der Waals surface area contributed by atoms with Crippen LogP contribution in [0.4, 0.5) is 5.69 Å². The van der Waals surface area contributed by atoms with Crippen molar-refractivity contribution in [3.63, 3.8) is 0 Å². The van der Waals surface area contributed by atoms with Gasteiger partial charge in [-0.05, 0) is 61.9 Å². The monoisotopic (exact) mass is 322 g/mol. The Morgan fingerprint density at radius 3 is 2.46 bits per heavy atom. The molecule has 3 aromatic rings. The maximum absolute atomic E-state index is 5.84. The van der Waals surface area contributed by atoms with Gasteiger partial charge in [-0.25, -0.2) is 4.98 Å². The molecule has 24 heavy (non-hydrogen) atoms. The number of rotatable bonds is 7. The highest BCUT2D eigenvalue weighted by Gasteiger charge is 2.03. The fraction of sp³-hybridized carbons (Fsp3) is 0.250. The summed E-state index contributed by atoms with van der Waals surface area (Å²) >= 11 is 0. The van der Waals surface area contributed by atoms with Crippen molar-refractivity contribution in [2.45, 2.75) is 20.3 Å². The molecule has 0 aliphatic heterocycles. The summed E-state index contributed by atoms with van der Waals surface area (Å²) < 4.78 is 11.4. The van der Waals surface area contributed by atoms with Gasteiger partial charge in [-0.1, -0.05) is 6.92 Å². The van der Waals surface area contributed by atoms with Crippen molar-refractivity contribution in [2.24, 2.45) is 0 Å². The van der Waals surface area contributed by atoms with Crippen molar-refractivity contribution < 1.29 is 9.47 Å². The summed E-state index contributed by atoms with van der Waals surface area (Å²) in [5.41, 5.74) is 2.01. The van der Waals surface area contributed by atoms with Crippen LogP contribution in [0.2, 0.25) is 0 Å². The summed E-state index contributed by atoms with van der Waals surface area (Å²) in [4.78, 5) is 4.56. The zero-order valence-corrected chi connectivity index (χ0v) is 14.1. The highest BCUT2D eigenvalue weighted by atomic mass is 16.5. The van der Waals surface area contributed by atoms with E-state index in [-0.39, 0.29) is 0 Å². The predicted molar refractivity (Wildman–Crippen MR) is 98.2 cm³/mol. The van der Waals surface area contributed by atoms with Crippen LogP contribution in [0.5, 0.6) is 17.4 Å². The van der Waals surface area contributed by atoms with E-state index in [9.17, 15) is 0 Å². The molecule has 3 rings (SSSR count). The van der Waals surface area contributed by atoms with Gasteiger partial charge in [0.05, 0.1) is 12.1 Å². The van der Waals surface area contributed by atoms with Crippen LogP contribution in [0.3, 0.4) is 0 Å². The van der Waals surface area contributed by atoms with Crippen LogP contribution in [0, 0.1) is 0 Å². The molecule has 0 radical (unpaired) electrons. The fourth-order valence-electron chi connectivity index (χ4n) is 2.42. The van der Waals surface area contributed by atoms with Gasteiger partial charge in [-0.2, -0.15) is 0 Å². The van der Waals surface area contributed by atoms with Crippen LogP contribution in [-0.2, 0) is 0 Å². The number of ether oxygens (including phenoxy) is 2. The first-order chi connectivity index (χ1) is 11.8. The lowest BCUT2D eigenvalue weighted by molar-refractivity contribution is 0.317. The van der Waals surface area contributed by atoms with Crippen LogP contribution in [0.1, 0.15) is 20.3 Å². The molecule has 0 saturated heterocycles. The lowest BCUT2D eigenvalue weighted by atomic mass is 10.2. The van der Waals surface area contributed by atoms with Gasteiger partial charge >= 0.3 is 0 Å². The number of hydrogen-bond acceptors (Lipinski definition) is 4. The van der Waals surface area contributed by atoms with Gasteiger partial charge in [0.2, 0.25) is 5.88 Å². The fourth-order valence-corrected chi connectivity index (χ4v) is 2.42. The molecule has 4 heteroatoms. The molecule has 2 aromatic carbocycles. The van der Waals surface area contributed by atoms with E-state index < -0.39 is 0 Å². The van der Waals surface area contributed by atoms with Gasteiger partial charge in [0.15, 0.2) is 0 Å². The second-order valence-electron chi connectivity index (χ2n) is 5.51. The second-order valence-corrected chi connectivity index (χ2v) is 5.51. The summed E-state index contributed by atoms with van der Waals surface area (Å²) in [5.74, 6) is 2.18. The van der Waals surface area contributed by atoms with E-state index in [4.69, 9.17) is 9.47 Å². The normalized spacial score (nSPS) is 10.6. The van der Waals surface area contributed by atoms with Crippen molar-refractivity contribution in [3.8, 4) is 17.4 Å². The summed E-state index contributed by atoms with van der Waals surface area (Å²) in [5, 5.41) is 4.39. The van der Waals surface area contributed by atoms with E-state index in [1.165, 1.54) is 0 Å². The van der Waals surface area contributed by atoms with Crippen LogP contribution in [-0.4, -0.2) is 18.1 Å². The molecule has 0 bridgehead atoms. The molecular weight excluding hydrogens is 300 g/mol. The van der Waals surface area contributed by atoms with Crippen LogP contribution in [0.15, 0.2) is 54.6 Å². The zero-order chi connectivity index (χ0) is 16.8. The third-order valence-electron chi connectivity index (χ3n) is 3.56. The highest BCUT2D eigenvalue weighted by molar-refractivity contribution is 5.82. The number of hydrogen-bond donors (Lipinski definition) is 1. The van der Waals surface area contributed by atoms with Gasteiger partial charge in [-0.15, -0.1) is 0 Å². The number of anilines is 1. The smallest absolute Gasteiger partial charge is 0.219 e. The molecule has 0 aliphatic carbocycles. The average molecular weight is 322 g/mol. The predicted octanol–water partition coefficient (Wildman–Crippen LogP) is 5.25. The van der Waals surface area contributed by atoms with Crippen molar-refractivity contribution >= 4 is 16.6 Å². The lowest BCUT2D eigenvalue weighted by Gasteiger charge is -2.09. The Labute approximate surface area is 142 Å². The average Bonchev–Trinajstić information content (AvgIpc) is 2.61. The van der Waals surface area contributed by atoms with Gasteiger partial charge in [0.1, 0.15) is 11.5 Å². The standard InChI is InChI=1S/C20H22N2O2/c1-3-13-23-17-7-9-18(10-8-17)24-20-12-5-15-14-16(21-4-2)6-11-19(15)22-20/h5-12,14,21H,3-4,13H2,1-2H3. The molecule has 0 spiro atoms. The van der Waals surface area contributed by atoms with Crippen molar-refractivity contribution in [2.75, 3.05) is 18.5 Å². The second kappa shape index (κ2) is 7.68. The van der Waals surface area contributed by atoms with E-state index in [1.54, 1.807) is 0 Å². The van der Waals surface area contributed by atoms with Gasteiger partial charge in [0.25, 0.3) is 0 Å². The minimum atomic E-state index is 0.584. The van der Waals surface area contributed by atoms with E-state index >= 15 is 0 Å².